The van der Waals surface area contributed by atoms with Crippen LogP contribution < -0.4 is 10.1 Å². The maximum atomic E-state index is 12.9. The molecule has 2 aromatic rings. The van der Waals surface area contributed by atoms with Gasteiger partial charge in [-0.05, 0) is 73.9 Å². The molecule has 2 aromatic carbocycles. The van der Waals surface area contributed by atoms with Gasteiger partial charge in [0.15, 0.2) is 6.61 Å². The van der Waals surface area contributed by atoms with Crippen molar-refractivity contribution in [2.75, 3.05) is 19.7 Å². The number of rotatable bonds is 6. The van der Waals surface area contributed by atoms with E-state index in [2.05, 4.69) is 17.4 Å². The van der Waals surface area contributed by atoms with Gasteiger partial charge >= 0.3 is 0 Å². The van der Waals surface area contributed by atoms with Gasteiger partial charge in [0.05, 0.1) is 10.9 Å². The number of amides is 1. The summed E-state index contributed by atoms with van der Waals surface area (Å²) in [7, 11) is -3.48. The molecule has 0 aromatic heterocycles. The van der Waals surface area contributed by atoms with E-state index in [1.165, 1.54) is 11.1 Å². The third-order valence-corrected chi connectivity index (χ3v) is 8.06. The van der Waals surface area contributed by atoms with E-state index in [1.54, 1.807) is 29.4 Å². The summed E-state index contributed by atoms with van der Waals surface area (Å²) in [6.07, 6.45) is 5.90. The number of ether oxygens (including phenoxy) is 1. The molecule has 31 heavy (non-hydrogen) atoms. The summed E-state index contributed by atoms with van der Waals surface area (Å²) in [4.78, 5) is 12.8. The van der Waals surface area contributed by atoms with Gasteiger partial charge in [-0.2, -0.15) is 4.31 Å². The molecule has 166 valence electrons. The number of hydrogen-bond acceptors (Lipinski definition) is 4. The Bertz CT molecular complexity index is 1050. The van der Waals surface area contributed by atoms with Crippen molar-refractivity contribution in [3.63, 3.8) is 0 Å². The SMILES string of the molecule is Cc1cc(S(=O)(=O)N2CCCCC2)ccc1OCC(=O)N[C@@H]1CCCc2ccccc21. The number of nitrogens with zero attached hydrogens (tertiary/aromatic N) is 1. The predicted molar refractivity (Wildman–Crippen MR) is 120 cm³/mol. The van der Waals surface area contributed by atoms with Gasteiger partial charge in [-0.15, -0.1) is 0 Å². The van der Waals surface area contributed by atoms with E-state index in [9.17, 15) is 13.2 Å². The van der Waals surface area contributed by atoms with Crippen molar-refractivity contribution in [3.05, 3.63) is 59.2 Å². The number of carbonyl (C=O) groups excluding carboxylic acids is 1. The van der Waals surface area contributed by atoms with Crippen molar-refractivity contribution < 1.29 is 17.9 Å². The minimum Gasteiger partial charge on any atom is -0.484 e. The maximum Gasteiger partial charge on any atom is 0.258 e. The molecule has 6 nitrogen and oxygen atoms in total. The molecule has 0 spiro atoms. The smallest absolute Gasteiger partial charge is 0.258 e. The van der Waals surface area contributed by atoms with Crippen LogP contribution in [0, 0.1) is 6.92 Å². The zero-order valence-corrected chi connectivity index (χ0v) is 18.8. The number of sulfonamides is 1. The third kappa shape index (κ3) is 4.93. The Morgan fingerprint density at radius 3 is 2.65 bits per heavy atom. The van der Waals surface area contributed by atoms with E-state index in [1.807, 2.05) is 12.1 Å². The molecule has 1 aliphatic heterocycles. The van der Waals surface area contributed by atoms with Crippen LogP contribution in [0.3, 0.4) is 0 Å². The van der Waals surface area contributed by atoms with E-state index >= 15 is 0 Å². The molecule has 0 bridgehead atoms. The first kappa shape index (κ1) is 21.8. The monoisotopic (exact) mass is 442 g/mol. The average Bonchev–Trinajstić information content (AvgIpc) is 2.79. The van der Waals surface area contributed by atoms with Crippen LogP contribution in [-0.4, -0.2) is 38.3 Å². The largest absolute Gasteiger partial charge is 0.484 e. The fraction of sp³-hybridized carbons (Fsp3) is 0.458. The predicted octanol–water partition coefficient (Wildman–Crippen LogP) is 3.74. The van der Waals surface area contributed by atoms with Crippen LogP contribution in [0.1, 0.15) is 54.8 Å². The van der Waals surface area contributed by atoms with Gasteiger partial charge in [-0.3, -0.25) is 4.79 Å². The van der Waals surface area contributed by atoms with Crippen LogP contribution in [0.25, 0.3) is 0 Å². The van der Waals surface area contributed by atoms with Crippen LogP contribution in [0.2, 0.25) is 0 Å². The first-order valence-electron chi connectivity index (χ1n) is 11.1. The standard InChI is InChI=1S/C24H30N2O4S/c1-18-16-20(31(28,29)26-14-5-2-6-15-26)12-13-23(18)30-17-24(27)25-22-11-7-9-19-8-3-4-10-21(19)22/h3-4,8,10,12-13,16,22H,2,5-7,9,11,14-15,17H2,1H3,(H,25,27)/t22-/m1/s1. The first-order valence-corrected chi connectivity index (χ1v) is 12.5. The van der Waals surface area contributed by atoms with Gasteiger partial charge in [0, 0.05) is 13.1 Å². The molecule has 7 heteroatoms. The fourth-order valence-electron chi connectivity index (χ4n) is 4.48. The molecule has 1 amide bonds. The van der Waals surface area contributed by atoms with Gasteiger partial charge in [0.1, 0.15) is 5.75 Å². The molecule has 1 saturated heterocycles. The zero-order valence-electron chi connectivity index (χ0n) is 18.0. The van der Waals surface area contributed by atoms with Crippen LogP contribution in [0.15, 0.2) is 47.4 Å². The summed E-state index contributed by atoms with van der Waals surface area (Å²) in [5.41, 5.74) is 3.18. The molecule has 1 N–H and O–H groups in total. The Balaban J connectivity index is 1.37. The second-order valence-corrected chi connectivity index (χ2v) is 10.3. The Labute approximate surface area is 184 Å². The number of hydrogen-bond donors (Lipinski definition) is 1. The van der Waals surface area contributed by atoms with Crippen molar-refractivity contribution in [2.24, 2.45) is 0 Å². The van der Waals surface area contributed by atoms with E-state index < -0.39 is 10.0 Å². The molecule has 1 heterocycles. The molecule has 0 saturated carbocycles. The van der Waals surface area contributed by atoms with E-state index in [4.69, 9.17) is 4.74 Å². The van der Waals surface area contributed by atoms with E-state index in [0.29, 0.717) is 24.4 Å². The highest BCUT2D eigenvalue weighted by atomic mass is 32.2. The Hall–Kier alpha value is -2.38. The Kier molecular flexibility index (Phi) is 6.62. The van der Waals surface area contributed by atoms with Gasteiger partial charge in [-0.25, -0.2) is 8.42 Å². The normalized spacial score (nSPS) is 19.5. The maximum absolute atomic E-state index is 12.9. The van der Waals surface area contributed by atoms with Crippen molar-refractivity contribution in [3.8, 4) is 5.75 Å². The molecule has 1 atom stereocenters. The topological polar surface area (TPSA) is 75.7 Å². The van der Waals surface area contributed by atoms with E-state index in [0.717, 1.165) is 38.5 Å². The second kappa shape index (κ2) is 9.40. The number of carbonyl (C=O) groups is 1. The van der Waals surface area contributed by atoms with Crippen molar-refractivity contribution in [1.82, 2.24) is 9.62 Å². The Morgan fingerprint density at radius 2 is 1.87 bits per heavy atom. The Morgan fingerprint density at radius 1 is 1.10 bits per heavy atom. The molecule has 4 rings (SSSR count). The number of nitrogens with one attached hydrogen (secondary N) is 1. The third-order valence-electron chi connectivity index (χ3n) is 6.16. The van der Waals surface area contributed by atoms with Crippen molar-refractivity contribution >= 4 is 15.9 Å². The molecular weight excluding hydrogens is 412 g/mol. The van der Waals surface area contributed by atoms with Crippen LogP contribution in [-0.2, 0) is 21.2 Å². The molecular formula is C24H30N2O4S. The van der Waals surface area contributed by atoms with Crippen LogP contribution >= 0.6 is 0 Å². The molecule has 1 fully saturated rings. The lowest BCUT2D eigenvalue weighted by Gasteiger charge is -2.26. The van der Waals surface area contributed by atoms with E-state index in [-0.39, 0.29) is 23.5 Å². The number of aryl methyl sites for hydroxylation is 2. The molecule has 2 aliphatic rings. The fourth-order valence-corrected chi connectivity index (χ4v) is 6.08. The summed E-state index contributed by atoms with van der Waals surface area (Å²) >= 11 is 0. The minimum atomic E-state index is -3.48. The summed E-state index contributed by atoms with van der Waals surface area (Å²) in [6, 6.07) is 13.1. The lowest BCUT2D eigenvalue weighted by atomic mass is 9.88. The summed E-state index contributed by atoms with van der Waals surface area (Å²) in [6.45, 7) is 2.85. The molecule has 0 unspecified atom stereocenters. The minimum absolute atomic E-state index is 0.0132. The lowest BCUT2D eigenvalue weighted by Crippen LogP contribution is -2.35. The number of fused-ring (bicyclic) bond motifs is 1. The molecule has 1 aliphatic carbocycles. The number of benzene rings is 2. The average molecular weight is 443 g/mol. The van der Waals surface area contributed by atoms with Gasteiger partial charge in [0.2, 0.25) is 10.0 Å². The van der Waals surface area contributed by atoms with Gasteiger partial charge in [-0.1, -0.05) is 30.7 Å². The van der Waals surface area contributed by atoms with Gasteiger partial charge < -0.3 is 10.1 Å². The first-order chi connectivity index (χ1) is 14.9. The summed E-state index contributed by atoms with van der Waals surface area (Å²) in [5.74, 6) is 0.350. The van der Waals surface area contributed by atoms with Crippen molar-refractivity contribution in [2.45, 2.75) is 56.4 Å². The van der Waals surface area contributed by atoms with Crippen molar-refractivity contribution in [1.29, 1.82) is 0 Å². The van der Waals surface area contributed by atoms with Crippen LogP contribution in [0.5, 0.6) is 5.75 Å². The molecule has 0 radical (unpaired) electrons. The highest BCUT2D eigenvalue weighted by molar-refractivity contribution is 7.89. The summed E-state index contributed by atoms with van der Waals surface area (Å²) in [5, 5.41) is 3.08. The number of piperidine rings is 1. The second-order valence-electron chi connectivity index (χ2n) is 8.39. The highest BCUT2D eigenvalue weighted by Crippen LogP contribution is 2.29. The van der Waals surface area contributed by atoms with Gasteiger partial charge in [0.25, 0.3) is 5.91 Å². The van der Waals surface area contributed by atoms with Crippen LogP contribution in [0.4, 0.5) is 0 Å². The lowest BCUT2D eigenvalue weighted by molar-refractivity contribution is -0.124. The quantitative estimate of drug-likeness (QED) is 0.739. The highest BCUT2D eigenvalue weighted by Gasteiger charge is 2.26. The zero-order chi connectivity index (χ0) is 21.8. The summed E-state index contributed by atoms with van der Waals surface area (Å²) < 4.78 is 33.0.